The molecule has 0 saturated carbocycles. The fourth-order valence-corrected chi connectivity index (χ4v) is 3.83. The predicted molar refractivity (Wildman–Crippen MR) is 116 cm³/mol. The van der Waals surface area contributed by atoms with Gasteiger partial charge in [0.25, 0.3) is 5.91 Å². The molecular weight excluding hydrogens is 400 g/mol. The third-order valence-electron chi connectivity index (χ3n) is 5.09. The Balaban J connectivity index is 1.63. The third-order valence-corrected chi connectivity index (χ3v) is 5.33. The van der Waals surface area contributed by atoms with E-state index in [0.717, 1.165) is 33.9 Å². The zero-order chi connectivity index (χ0) is 21.4. The zero-order valence-electron chi connectivity index (χ0n) is 16.9. The van der Waals surface area contributed by atoms with Gasteiger partial charge >= 0.3 is 6.03 Å². The number of aromatic nitrogens is 2. The number of imide groups is 1. The van der Waals surface area contributed by atoms with Crippen molar-refractivity contribution in [3.05, 3.63) is 87.5 Å². The van der Waals surface area contributed by atoms with Gasteiger partial charge in [-0.25, -0.2) is 9.78 Å². The average Bonchev–Trinajstić information content (AvgIpc) is 3.11. The monoisotopic (exact) mass is 420 g/mol. The molecule has 3 amide bonds. The smallest absolute Gasteiger partial charge is 0.303 e. The van der Waals surface area contributed by atoms with Gasteiger partial charge in [0.1, 0.15) is 11.5 Å². The van der Waals surface area contributed by atoms with Crippen molar-refractivity contribution in [3.8, 4) is 5.82 Å². The summed E-state index contributed by atoms with van der Waals surface area (Å²) in [6, 6.07) is 12.6. The highest BCUT2D eigenvalue weighted by Gasteiger charge is 2.33. The Morgan fingerprint density at radius 1 is 1.10 bits per heavy atom. The minimum Gasteiger partial charge on any atom is -0.303 e. The van der Waals surface area contributed by atoms with Crippen LogP contribution in [0.25, 0.3) is 11.9 Å². The maximum atomic E-state index is 12.8. The first kappa shape index (κ1) is 19.9. The largest absolute Gasteiger partial charge is 0.329 e. The van der Waals surface area contributed by atoms with Crippen LogP contribution >= 0.6 is 11.6 Å². The summed E-state index contributed by atoms with van der Waals surface area (Å²) in [5.74, 6) is 0.456. The van der Waals surface area contributed by atoms with Crippen LogP contribution in [-0.4, -0.2) is 26.4 Å². The van der Waals surface area contributed by atoms with Crippen LogP contribution in [0.4, 0.5) is 4.79 Å². The number of hydrogen-bond donors (Lipinski definition) is 1. The normalized spacial score (nSPS) is 15.2. The minimum absolute atomic E-state index is 0.162. The maximum absolute atomic E-state index is 12.8. The fourth-order valence-electron chi connectivity index (χ4n) is 3.62. The molecular formula is C23H21ClN4O2. The van der Waals surface area contributed by atoms with Gasteiger partial charge in [-0.3, -0.25) is 9.69 Å². The molecule has 1 aliphatic rings. The molecule has 2 aromatic heterocycles. The van der Waals surface area contributed by atoms with Crippen LogP contribution in [0.1, 0.15) is 28.1 Å². The van der Waals surface area contributed by atoms with Crippen LogP contribution < -0.4 is 5.32 Å². The number of carbonyl (C=O) groups excluding carboxylic acids is 2. The molecule has 30 heavy (non-hydrogen) atoms. The van der Waals surface area contributed by atoms with E-state index in [1.807, 2.05) is 49.6 Å². The first-order valence-electron chi connectivity index (χ1n) is 9.54. The number of carbonyl (C=O) groups is 2. The molecule has 0 bridgehead atoms. The molecule has 0 spiro atoms. The molecule has 0 radical (unpaired) electrons. The second-order valence-corrected chi connectivity index (χ2v) is 7.80. The SMILES string of the molecule is Cc1ccnc(-n2c(C)cc(C=C3NC(=O)N(Cc4cccc(Cl)c4)C3=O)c2C)c1. The second kappa shape index (κ2) is 7.80. The summed E-state index contributed by atoms with van der Waals surface area (Å²) < 4.78 is 2.03. The number of rotatable bonds is 4. The van der Waals surface area contributed by atoms with Crippen molar-refractivity contribution in [2.24, 2.45) is 0 Å². The number of amides is 3. The Bertz CT molecular complexity index is 1200. The van der Waals surface area contributed by atoms with Crippen LogP contribution in [0.2, 0.25) is 5.02 Å². The van der Waals surface area contributed by atoms with E-state index in [-0.39, 0.29) is 18.1 Å². The van der Waals surface area contributed by atoms with Gasteiger partial charge in [0.15, 0.2) is 0 Å². The summed E-state index contributed by atoms with van der Waals surface area (Å²) in [5.41, 5.74) is 4.93. The summed E-state index contributed by atoms with van der Waals surface area (Å²) in [4.78, 5) is 30.9. The maximum Gasteiger partial charge on any atom is 0.329 e. The Kier molecular flexibility index (Phi) is 5.18. The van der Waals surface area contributed by atoms with E-state index in [4.69, 9.17) is 11.6 Å². The van der Waals surface area contributed by atoms with Crippen LogP contribution in [0, 0.1) is 20.8 Å². The number of urea groups is 1. The van der Waals surface area contributed by atoms with Crippen molar-refractivity contribution in [1.29, 1.82) is 0 Å². The number of nitrogens with one attached hydrogen (secondary N) is 1. The summed E-state index contributed by atoms with van der Waals surface area (Å²) in [6.07, 6.45) is 3.49. The van der Waals surface area contributed by atoms with Crippen molar-refractivity contribution in [2.75, 3.05) is 0 Å². The standard InChI is InChI=1S/C23H21ClN4O2/c1-14-7-8-25-21(9-14)28-15(2)10-18(16(28)3)12-20-22(29)27(23(30)26-20)13-17-5-4-6-19(24)11-17/h4-12H,13H2,1-3H3,(H,26,30). The van der Waals surface area contributed by atoms with E-state index in [2.05, 4.69) is 10.3 Å². The first-order valence-corrected chi connectivity index (χ1v) is 9.92. The summed E-state index contributed by atoms with van der Waals surface area (Å²) in [7, 11) is 0. The van der Waals surface area contributed by atoms with E-state index in [0.29, 0.717) is 5.02 Å². The third kappa shape index (κ3) is 3.74. The van der Waals surface area contributed by atoms with E-state index >= 15 is 0 Å². The van der Waals surface area contributed by atoms with Crippen LogP contribution in [0.5, 0.6) is 0 Å². The van der Waals surface area contributed by atoms with Gasteiger partial charge in [-0.15, -0.1) is 0 Å². The molecule has 0 unspecified atom stereocenters. The van der Waals surface area contributed by atoms with Crippen molar-refractivity contribution in [3.63, 3.8) is 0 Å². The Labute approximate surface area is 179 Å². The van der Waals surface area contributed by atoms with Crippen LogP contribution in [-0.2, 0) is 11.3 Å². The van der Waals surface area contributed by atoms with Gasteiger partial charge in [0, 0.05) is 22.6 Å². The number of benzene rings is 1. The topological polar surface area (TPSA) is 67.2 Å². The highest BCUT2D eigenvalue weighted by atomic mass is 35.5. The van der Waals surface area contributed by atoms with Crippen molar-refractivity contribution >= 4 is 29.6 Å². The van der Waals surface area contributed by atoms with Crippen molar-refractivity contribution < 1.29 is 9.59 Å². The molecule has 1 saturated heterocycles. The van der Waals surface area contributed by atoms with Crippen molar-refractivity contribution in [1.82, 2.24) is 19.8 Å². The lowest BCUT2D eigenvalue weighted by atomic mass is 10.2. The zero-order valence-corrected chi connectivity index (χ0v) is 17.7. The number of pyridine rings is 1. The summed E-state index contributed by atoms with van der Waals surface area (Å²) in [5, 5.41) is 3.25. The highest BCUT2D eigenvalue weighted by Crippen LogP contribution is 2.24. The Hall–Kier alpha value is -3.38. The number of halogens is 1. The van der Waals surface area contributed by atoms with Gasteiger partial charge in [-0.1, -0.05) is 23.7 Å². The molecule has 1 aromatic carbocycles. The average molecular weight is 421 g/mol. The number of nitrogens with zero attached hydrogens (tertiary/aromatic N) is 3. The first-order chi connectivity index (χ1) is 14.3. The molecule has 3 aromatic rings. The molecule has 152 valence electrons. The van der Waals surface area contributed by atoms with Crippen LogP contribution in [0.15, 0.2) is 54.4 Å². The lowest BCUT2D eigenvalue weighted by Crippen LogP contribution is -2.30. The lowest BCUT2D eigenvalue weighted by Gasteiger charge is -2.11. The summed E-state index contributed by atoms with van der Waals surface area (Å²) >= 11 is 6.01. The predicted octanol–water partition coefficient (Wildman–Crippen LogP) is 4.54. The second-order valence-electron chi connectivity index (χ2n) is 7.36. The van der Waals surface area contributed by atoms with E-state index in [1.165, 1.54) is 4.90 Å². The molecule has 1 fully saturated rings. The number of hydrogen-bond acceptors (Lipinski definition) is 3. The van der Waals surface area contributed by atoms with Gasteiger partial charge < -0.3 is 9.88 Å². The molecule has 3 heterocycles. The number of aryl methyl sites for hydroxylation is 2. The minimum atomic E-state index is -0.444. The van der Waals surface area contributed by atoms with E-state index in [1.54, 1.807) is 30.5 Å². The van der Waals surface area contributed by atoms with Crippen LogP contribution in [0.3, 0.4) is 0 Å². The molecule has 4 rings (SSSR count). The Morgan fingerprint density at radius 2 is 1.90 bits per heavy atom. The lowest BCUT2D eigenvalue weighted by molar-refractivity contribution is -0.123. The van der Waals surface area contributed by atoms with Crippen molar-refractivity contribution in [2.45, 2.75) is 27.3 Å². The fraction of sp³-hybridized carbons (Fsp3) is 0.174. The van der Waals surface area contributed by atoms with Gasteiger partial charge in [-0.05, 0) is 73.9 Å². The molecule has 6 nitrogen and oxygen atoms in total. The molecule has 0 atom stereocenters. The summed E-state index contributed by atoms with van der Waals surface area (Å²) in [6.45, 7) is 6.13. The Morgan fingerprint density at radius 3 is 2.63 bits per heavy atom. The molecule has 1 aliphatic heterocycles. The van der Waals surface area contributed by atoms with Gasteiger partial charge in [-0.2, -0.15) is 0 Å². The van der Waals surface area contributed by atoms with E-state index < -0.39 is 6.03 Å². The molecule has 7 heteroatoms. The quantitative estimate of drug-likeness (QED) is 0.497. The molecule has 1 N–H and O–H groups in total. The van der Waals surface area contributed by atoms with Gasteiger partial charge in [0.2, 0.25) is 0 Å². The van der Waals surface area contributed by atoms with E-state index in [9.17, 15) is 9.59 Å². The molecule has 0 aliphatic carbocycles. The highest BCUT2D eigenvalue weighted by molar-refractivity contribution is 6.30. The van der Waals surface area contributed by atoms with Gasteiger partial charge in [0.05, 0.1) is 6.54 Å².